The van der Waals surface area contributed by atoms with E-state index in [9.17, 15) is 0 Å². The number of rotatable bonds is 7. The summed E-state index contributed by atoms with van der Waals surface area (Å²) in [6.07, 6.45) is 0. The molecule has 5 aromatic carbocycles. The average molecular weight is 509 g/mol. The van der Waals surface area contributed by atoms with Gasteiger partial charge in [-0.15, -0.1) is 0 Å². The van der Waals surface area contributed by atoms with Crippen molar-refractivity contribution in [2.24, 2.45) is 9.98 Å². The van der Waals surface area contributed by atoms with Crippen molar-refractivity contribution in [2.75, 3.05) is 0 Å². The third-order valence-electron chi connectivity index (χ3n) is 6.02. The zero-order valence-electron chi connectivity index (χ0n) is 20.8. The van der Waals surface area contributed by atoms with Crippen LogP contribution in [0.5, 0.6) is 0 Å². The molecule has 0 aliphatic heterocycles. The van der Waals surface area contributed by atoms with Crippen LogP contribution in [-0.2, 0) is 6.54 Å². The molecule has 5 rings (SSSR count). The summed E-state index contributed by atoms with van der Waals surface area (Å²) in [6.45, 7) is 0.385. The highest BCUT2D eigenvalue weighted by Crippen LogP contribution is 2.26. The van der Waals surface area contributed by atoms with Gasteiger partial charge in [0.2, 0.25) is 0 Å². The van der Waals surface area contributed by atoms with Gasteiger partial charge in [0.25, 0.3) is 0 Å². The van der Waals surface area contributed by atoms with Gasteiger partial charge in [-0.2, -0.15) is 0 Å². The molecule has 3 heteroatoms. The third kappa shape index (κ3) is 6.34. The molecule has 0 bridgehead atoms. The lowest BCUT2D eigenvalue weighted by Crippen LogP contribution is -1.90. The Morgan fingerprint density at radius 2 is 0.947 bits per heavy atom. The molecule has 5 aromatic rings. The van der Waals surface area contributed by atoms with E-state index in [1.807, 2.05) is 91.0 Å². The predicted molar refractivity (Wildman–Crippen MR) is 160 cm³/mol. The van der Waals surface area contributed by atoms with Gasteiger partial charge < -0.3 is 0 Å². The fourth-order valence-corrected chi connectivity index (χ4v) is 4.32. The normalized spacial score (nSPS) is 10.1. The highest BCUT2D eigenvalue weighted by molar-refractivity contribution is 6.30. The van der Waals surface area contributed by atoms with Crippen LogP contribution in [0.3, 0.4) is 0 Å². The van der Waals surface area contributed by atoms with Gasteiger partial charge in [0, 0.05) is 10.6 Å². The summed E-state index contributed by atoms with van der Waals surface area (Å²) in [6, 6.07) is 46.4. The number of benzene rings is 5. The van der Waals surface area contributed by atoms with Crippen LogP contribution < -0.4 is 0 Å². The quantitative estimate of drug-likeness (QED) is 0.196. The molecule has 0 saturated heterocycles. The van der Waals surface area contributed by atoms with Crippen molar-refractivity contribution in [3.63, 3.8) is 0 Å². The van der Waals surface area contributed by atoms with E-state index in [0.717, 1.165) is 44.7 Å². The highest BCUT2D eigenvalue weighted by Gasteiger charge is 2.07. The number of aliphatic imine (C=N–C) groups is 2. The van der Waals surface area contributed by atoms with E-state index in [2.05, 4.69) is 60.3 Å². The van der Waals surface area contributed by atoms with Crippen LogP contribution in [0.1, 0.15) is 27.8 Å². The Morgan fingerprint density at radius 1 is 0.526 bits per heavy atom. The monoisotopic (exact) mass is 508 g/mol. The van der Waals surface area contributed by atoms with Crippen LogP contribution in [0, 0.1) is 0 Å². The Labute approximate surface area is 228 Å². The Hall–Kier alpha value is -4.71. The van der Waals surface area contributed by atoms with E-state index in [0.29, 0.717) is 11.6 Å². The van der Waals surface area contributed by atoms with Crippen molar-refractivity contribution < 1.29 is 0 Å². The molecular weight excluding hydrogens is 484 g/mol. The minimum Gasteiger partial charge on any atom is -0.238 e. The third-order valence-corrected chi connectivity index (χ3v) is 6.25. The SMILES string of the molecule is Clc1ccc(N=C=C(c2ccccc2)c2ccccc2)c(CN=C=C(c2ccccc2)c2ccccc2)c1. The van der Waals surface area contributed by atoms with Gasteiger partial charge >= 0.3 is 0 Å². The topological polar surface area (TPSA) is 24.7 Å². The van der Waals surface area contributed by atoms with Crippen molar-refractivity contribution in [2.45, 2.75) is 6.54 Å². The maximum Gasteiger partial charge on any atom is 0.0782 e. The summed E-state index contributed by atoms with van der Waals surface area (Å²) in [7, 11) is 0. The molecule has 0 amide bonds. The van der Waals surface area contributed by atoms with E-state index < -0.39 is 0 Å². The van der Waals surface area contributed by atoms with Gasteiger partial charge in [-0.1, -0.05) is 133 Å². The van der Waals surface area contributed by atoms with Gasteiger partial charge in [-0.25, -0.2) is 9.98 Å². The van der Waals surface area contributed by atoms with E-state index in [1.54, 1.807) is 0 Å². The fourth-order valence-electron chi connectivity index (χ4n) is 4.12. The highest BCUT2D eigenvalue weighted by atomic mass is 35.5. The second-order valence-corrected chi connectivity index (χ2v) is 9.08. The second-order valence-electron chi connectivity index (χ2n) is 8.64. The molecule has 0 heterocycles. The van der Waals surface area contributed by atoms with Gasteiger partial charge in [0.1, 0.15) is 0 Å². The molecular formula is C35H25ClN2. The smallest absolute Gasteiger partial charge is 0.0782 e. The molecule has 0 aliphatic rings. The Morgan fingerprint density at radius 3 is 1.39 bits per heavy atom. The summed E-state index contributed by atoms with van der Waals surface area (Å²) in [5.41, 5.74) is 7.75. The zero-order valence-corrected chi connectivity index (χ0v) is 21.5. The summed E-state index contributed by atoms with van der Waals surface area (Å²) < 4.78 is 0. The van der Waals surface area contributed by atoms with E-state index in [-0.39, 0.29) is 0 Å². The van der Waals surface area contributed by atoms with Crippen LogP contribution in [0.2, 0.25) is 5.02 Å². The summed E-state index contributed by atoms with van der Waals surface area (Å²) in [5, 5.41) is 0.639. The fraction of sp³-hybridized carbons (Fsp3) is 0.0286. The van der Waals surface area contributed by atoms with Crippen molar-refractivity contribution >= 4 is 40.2 Å². The van der Waals surface area contributed by atoms with Crippen molar-refractivity contribution in [1.29, 1.82) is 0 Å². The van der Waals surface area contributed by atoms with Crippen LogP contribution in [0.4, 0.5) is 5.69 Å². The van der Waals surface area contributed by atoms with E-state index >= 15 is 0 Å². The molecule has 38 heavy (non-hydrogen) atoms. The van der Waals surface area contributed by atoms with Crippen LogP contribution in [0.25, 0.3) is 11.1 Å². The first kappa shape index (κ1) is 25.0. The molecule has 182 valence electrons. The average Bonchev–Trinajstić information content (AvgIpc) is 2.98. The van der Waals surface area contributed by atoms with Crippen LogP contribution in [0.15, 0.2) is 150 Å². The first-order valence-electron chi connectivity index (χ1n) is 12.4. The number of halogens is 1. The second kappa shape index (κ2) is 12.5. The summed E-state index contributed by atoms with van der Waals surface area (Å²) in [5.74, 6) is 6.61. The molecule has 0 unspecified atom stereocenters. The number of hydrogen-bond donors (Lipinski definition) is 0. The summed E-state index contributed by atoms with van der Waals surface area (Å²) in [4.78, 5) is 9.47. The Bertz CT molecular complexity index is 1550. The predicted octanol–water partition coefficient (Wildman–Crippen LogP) is 9.07. The lowest BCUT2D eigenvalue weighted by molar-refractivity contribution is 1.08. The standard InChI is InChI=1S/C35H25ClN2/c36-32-21-22-35(38-26-34(29-17-9-3-10-18-29)30-19-11-4-12-20-30)31(23-32)24-37-25-33(27-13-5-1-6-14-27)28-15-7-2-8-16-28/h1-23H,24H2. The van der Waals surface area contributed by atoms with Gasteiger partial charge in [-0.3, -0.25) is 0 Å². The van der Waals surface area contributed by atoms with Gasteiger partial charge in [0.05, 0.1) is 23.4 Å². The molecule has 0 atom stereocenters. The lowest BCUT2D eigenvalue weighted by atomic mass is 9.99. The first-order chi connectivity index (χ1) is 18.8. The number of hydrogen-bond acceptors (Lipinski definition) is 2. The lowest BCUT2D eigenvalue weighted by Gasteiger charge is -2.06. The Kier molecular flexibility index (Phi) is 8.21. The van der Waals surface area contributed by atoms with Crippen LogP contribution in [-0.4, -0.2) is 11.7 Å². The maximum absolute atomic E-state index is 6.37. The number of nitrogens with zero attached hydrogens (tertiary/aromatic N) is 2. The maximum atomic E-state index is 6.37. The van der Waals surface area contributed by atoms with E-state index in [1.165, 1.54) is 0 Å². The van der Waals surface area contributed by atoms with E-state index in [4.69, 9.17) is 21.6 Å². The molecule has 2 nitrogen and oxygen atoms in total. The summed E-state index contributed by atoms with van der Waals surface area (Å²) >= 11 is 6.37. The van der Waals surface area contributed by atoms with Gasteiger partial charge in [-0.05, 0) is 52.2 Å². The minimum absolute atomic E-state index is 0.385. The molecule has 0 aromatic heterocycles. The van der Waals surface area contributed by atoms with Gasteiger partial charge in [0.15, 0.2) is 0 Å². The molecule has 0 N–H and O–H groups in total. The van der Waals surface area contributed by atoms with Crippen LogP contribution >= 0.6 is 11.6 Å². The Balaban J connectivity index is 1.55. The minimum atomic E-state index is 0.385. The largest absolute Gasteiger partial charge is 0.238 e. The van der Waals surface area contributed by atoms with Crippen molar-refractivity contribution in [3.05, 3.63) is 172 Å². The molecule has 0 saturated carbocycles. The molecule has 0 radical (unpaired) electrons. The zero-order chi connectivity index (χ0) is 26.0. The first-order valence-corrected chi connectivity index (χ1v) is 12.8. The molecule has 0 spiro atoms. The molecule has 0 fully saturated rings. The molecule has 0 aliphatic carbocycles. The van der Waals surface area contributed by atoms with Crippen molar-refractivity contribution in [1.82, 2.24) is 0 Å². The van der Waals surface area contributed by atoms with Crippen molar-refractivity contribution in [3.8, 4) is 0 Å².